The molecule has 3 aromatic rings. The van der Waals surface area contributed by atoms with Gasteiger partial charge in [0.1, 0.15) is 0 Å². The van der Waals surface area contributed by atoms with Crippen LogP contribution in [0.3, 0.4) is 0 Å². The number of nitrogens with one attached hydrogen (secondary N) is 1. The largest absolute Gasteiger partial charge is 0.339 e. The van der Waals surface area contributed by atoms with E-state index in [1.54, 1.807) is 30.4 Å². The van der Waals surface area contributed by atoms with E-state index < -0.39 is 5.91 Å². The van der Waals surface area contributed by atoms with Crippen LogP contribution in [0, 0.1) is 0 Å². The van der Waals surface area contributed by atoms with E-state index in [1.807, 2.05) is 17.0 Å². The third kappa shape index (κ3) is 5.28. The number of piperidine rings is 1. The van der Waals surface area contributed by atoms with Crippen LogP contribution in [0.25, 0.3) is 22.9 Å². The minimum Gasteiger partial charge on any atom is -0.339 e. The summed E-state index contributed by atoms with van der Waals surface area (Å²) in [6.45, 7) is 1.45. The molecular weight excluding hydrogens is 402 g/mol. The van der Waals surface area contributed by atoms with Gasteiger partial charge in [-0.05, 0) is 53.5 Å². The minimum absolute atomic E-state index is 0.0297. The predicted molar refractivity (Wildman–Crippen MR) is 125 cm³/mol. The summed E-state index contributed by atoms with van der Waals surface area (Å²) < 4.78 is 0. The van der Waals surface area contributed by atoms with Crippen molar-refractivity contribution in [1.29, 1.82) is 0 Å². The zero-order chi connectivity index (χ0) is 22.3. The molecule has 1 atom stereocenters. The van der Waals surface area contributed by atoms with Crippen molar-refractivity contribution in [2.45, 2.75) is 18.8 Å². The Morgan fingerprint density at radius 3 is 2.50 bits per heavy atom. The fraction of sp³-hybridized carbons (Fsp3) is 0.192. The van der Waals surface area contributed by atoms with Crippen molar-refractivity contribution in [3.8, 4) is 0 Å². The number of nitrogens with zero attached hydrogens (tertiary/aromatic N) is 2. The van der Waals surface area contributed by atoms with Gasteiger partial charge in [0.25, 0.3) is 5.91 Å². The molecule has 6 heteroatoms. The minimum atomic E-state index is -0.631. The summed E-state index contributed by atoms with van der Waals surface area (Å²) in [7, 11) is 0. The first-order valence-electron chi connectivity index (χ1n) is 10.7. The van der Waals surface area contributed by atoms with E-state index in [4.69, 9.17) is 5.21 Å². The molecule has 1 unspecified atom stereocenters. The summed E-state index contributed by atoms with van der Waals surface area (Å²) in [6.07, 6.45) is 7.96. The summed E-state index contributed by atoms with van der Waals surface area (Å²) in [6, 6.07) is 20.2. The number of hydrogen-bond acceptors (Lipinski definition) is 4. The van der Waals surface area contributed by atoms with E-state index in [2.05, 4.69) is 35.3 Å². The molecule has 2 N–H and O–H groups in total. The van der Waals surface area contributed by atoms with Crippen molar-refractivity contribution < 1.29 is 14.8 Å². The number of hydroxylamine groups is 1. The second-order valence-corrected chi connectivity index (χ2v) is 7.86. The topological polar surface area (TPSA) is 82.5 Å². The van der Waals surface area contributed by atoms with Gasteiger partial charge < -0.3 is 4.90 Å². The molecule has 2 aromatic carbocycles. The first-order valence-corrected chi connectivity index (χ1v) is 10.7. The molecule has 2 amide bonds. The number of pyridine rings is 1. The van der Waals surface area contributed by atoms with E-state index in [0.717, 1.165) is 19.4 Å². The molecule has 0 radical (unpaired) electrons. The second-order valence-electron chi connectivity index (χ2n) is 7.86. The lowest BCUT2D eigenvalue weighted by Gasteiger charge is -2.32. The van der Waals surface area contributed by atoms with Gasteiger partial charge >= 0.3 is 0 Å². The zero-order valence-corrected chi connectivity index (χ0v) is 17.6. The SMILES string of the molecule is O=C(/C=C/c1cccc(/C=C/C(=O)N2CCCC(c3ccc4ccccc4c3)C2)n1)NO. The van der Waals surface area contributed by atoms with Gasteiger partial charge in [0.2, 0.25) is 5.91 Å². The van der Waals surface area contributed by atoms with Crippen LogP contribution < -0.4 is 5.48 Å². The Hall–Kier alpha value is -3.77. The van der Waals surface area contributed by atoms with Crippen LogP contribution in [0.15, 0.2) is 72.8 Å². The summed E-state index contributed by atoms with van der Waals surface area (Å²) in [5.74, 6) is -0.332. The molecule has 1 saturated heterocycles. The highest BCUT2D eigenvalue weighted by atomic mass is 16.5. The highest BCUT2D eigenvalue weighted by Gasteiger charge is 2.23. The van der Waals surface area contributed by atoms with Crippen LogP contribution in [0.5, 0.6) is 0 Å². The van der Waals surface area contributed by atoms with Crippen LogP contribution in [0.4, 0.5) is 0 Å². The standard InChI is InChI=1S/C26H25N3O3/c30-25(28-32)14-12-23-8-3-9-24(27-23)13-15-26(31)29-16-4-7-22(18-29)21-11-10-19-5-1-2-6-20(19)17-21/h1-3,5-6,8-15,17,22,32H,4,7,16,18H2,(H,28,30)/b14-12+,15-13+. The highest BCUT2D eigenvalue weighted by molar-refractivity contribution is 5.92. The van der Waals surface area contributed by atoms with Gasteiger partial charge in [-0.3, -0.25) is 14.8 Å². The zero-order valence-electron chi connectivity index (χ0n) is 17.6. The van der Waals surface area contributed by atoms with Crippen molar-refractivity contribution >= 4 is 34.7 Å². The third-order valence-corrected chi connectivity index (χ3v) is 5.68. The number of fused-ring (bicyclic) bond motifs is 1. The maximum absolute atomic E-state index is 12.8. The monoisotopic (exact) mass is 427 g/mol. The molecule has 1 aromatic heterocycles. The second kappa shape index (κ2) is 10.0. The Labute approximate surface area is 186 Å². The fourth-order valence-electron chi connectivity index (χ4n) is 4.03. The number of aromatic nitrogens is 1. The van der Waals surface area contributed by atoms with Crippen molar-refractivity contribution in [2.75, 3.05) is 13.1 Å². The van der Waals surface area contributed by atoms with Gasteiger partial charge in [-0.1, -0.05) is 48.5 Å². The van der Waals surface area contributed by atoms with Crippen LogP contribution >= 0.6 is 0 Å². The van der Waals surface area contributed by atoms with Crippen molar-refractivity contribution in [3.05, 3.63) is 89.8 Å². The number of carbonyl (C=O) groups excluding carboxylic acids is 2. The molecule has 0 spiro atoms. The molecule has 162 valence electrons. The van der Waals surface area contributed by atoms with Crippen molar-refractivity contribution in [2.24, 2.45) is 0 Å². The molecule has 6 nitrogen and oxygen atoms in total. The van der Waals surface area contributed by atoms with E-state index in [0.29, 0.717) is 23.9 Å². The van der Waals surface area contributed by atoms with Gasteiger partial charge in [-0.15, -0.1) is 0 Å². The van der Waals surface area contributed by atoms with E-state index in [9.17, 15) is 9.59 Å². The first-order chi connectivity index (χ1) is 15.6. The van der Waals surface area contributed by atoms with E-state index in [-0.39, 0.29) is 5.91 Å². The Bertz CT molecular complexity index is 1190. The molecule has 1 aliphatic rings. The molecule has 4 rings (SSSR count). The maximum Gasteiger partial charge on any atom is 0.267 e. The van der Waals surface area contributed by atoms with Crippen molar-refractivity contribution in [3.63, 3.8) is 0 Å². The van der Waals surface area contributed by atoms with Gasteiger partial charge in [-0.25, -0.2) is 10.5 Å². The number of rotatable bonds is 5. The van der Waals surface area contributed by atoms with Crippen LogP contribution in [0.2, 0.25) is 0 Å². The number of likely N-dealkylation sites (tertiary alicyclic amines) is 1. The molecule has 1 fully saturated rings. The molecule has 0 aliphatic carbocycles. The Morgan fingerprint density at radius 2 is 1.72 bits per heavy atom. The van der Waals surface area contributed by atoms with Crippen LogP contribution in [0.1, 0.15) is 35.7 Å². The van der Waals surface area contributed by atoms with Gasteiger partial charge in [0.15, 0.2) is 0 Å². The quantitative estimate of drug-likeness (QED) is 0.364. The van der Waals surface area contributed by atoms with Crippen molar-refractivity contribution in [1.82, 2.24) is 15.4 Å². The molecule has 32 heavy (non-hydrogen) atoms. The van der Waals surface area contributed by atoms with E-state index >= 15 is 0 Å². The number of amides is 2. The Balaban J connectivity index is 1.42. The lowest BCUT2D eigenvalue weighted by Crippen LogP contribution is -2.38. The molecular formula is C26H25N3O3. The van der Waals surface area contributed by atoms with Gasteiger partial charge in [0, 0.05) is 31.2 Å². The Kier molecular flexibility index (Phi) is 6.72. The molecule has 0 saturated carbocycles. The predicted octanol–water partition coefficient (Wildman–Crippen LogP) is 4.17. The van der Waals surface area contributed by atoms with Gasteiger partial charge in [-0.2, -0.15) is 0 Å². The fourth-order valence-corrected chi connectivity index (χ4v) is 4.03. The van der Waals surface area contributed by atoms with Gasteiger partial charge in [0.05, 0.1) is 11.4 Å². The first kappa shape index (κ1) is 21.5. The van der Waals surface area contributed by atoms with E-state index in [1.165, 1.54) is 34.0 Å². The molecule has 1 aliphatic heterocycles. The number of hydrogen-bond donors (Lipinski definition) is 2. The third-order valence-electron chi connectivity index (χ3n) is 5.68. The summed E-state index contributed by atoms with van der Waals surface area (Å²) in [5, 5.41) is 11.0. The Morgan fingerprint density at radius 1 is 0.969 bits per heavy atom. The number of carbonyl (C=O) groups is 2. The average Bonchev–Trinajstić information content (AvgIpc) is 2.85. The normalized spacial score (nSPS) is 16.7. The summed E-state index contributed by atoms with van der Waals surface area (Å²) in [5.41, 5.74) is 3.98. The lowest BCUT2D eigenvalue weighted by molar-refractivity contribution is -0.127. The number of benzene rings is 2. The molecule has 2 heterocycles. The smallest absolute Gasteiger partial charge is 0.267 e. The van der Waals surface area contributed by atoms with Crippen LogP contribution in [-0.4, -0.2) is 40.0 Å². The van der Waals surface area contributed by atoms with Crippen LogP contribution in [-0.2, 0) is 9.59 Å². The lowest BCUT2D eigenvalue weighted by atomic mass is 9.89. The highest BCUT2D eigenvalue weighted by Crippen LogP contribution is 2.29. The summed E-state index contributed by atoms with van der Waals surface area (Å²) >= 11 is 0. The summed E-state index contributed by atoms with van der Waals surface area (Å²) in [4.78, 5) is 30.2. The maximum atomic E-state index is 12.8. The molecule has 0 bridgehead atoms. The average molecular weight is 428 g/mol.